The standard InChI is InChI=1S/C15H24N2O3/c1-4-7-15(10-5-6-11(18)8-10)14(20)16-12(9(2)3)13(19)17-15/h9-10,12H,4-8H2,1-3H3,(H,16,20)(H,17,19)/t10-,12+,15+/m0/s1. The second kappa shape index (κ2) is 5.54. The van der Waals surface area contributed by atoms with E-state index in [1.165, 1.54) is 0 Å². The molecular formula is C15H24N2O3. The zero-order chi connectivity index (χ0) is 14.9. The Morgan fingerprint density at radius 3 is 2.50 bits per heavy atom. The highest BCUT2D eigenvalue weighted by Gasteiger charge is 2.52. The van der Waals surface area contributed by atoms with Crippen LogP contribution < -0.4 is 10.6 Å². The molecule has 2 rings (SSSR count). The van der Waals surface area contributed by atoms with Gasteiger partial charge in [0.25, 0.3) is 0 Å². The van der Waals surface area contributed by atoms with Crippen LogP contribution in [0.4, 0.5) is 0 Å². The zero-order valence-electron chi connectivity index (χ0n) is 12.5. The number of nitrogens with one attached hydrogen (secondary N) is 2. The monoisotopic (exact) mass is 280 g/mol. The molecule has 5 heteroatoms. The molecule has 1 heterocycles. The Balaban J connectivity index is 2.26. The average molecular weight is 280 g/mol. The lowest BCUT2D eigenvalue weighted by molar-refractivity contribution is -0.145. The number of hydrogen-bond donors (Lipinski definition) is 2. The second-order valence-electron chi connectivity index (χ2n) is 6.38. The summed E-state index contributed by atoms with van der Waals surface area (Å²) in [4.78, 5) is 36.5. The zero-order valence-corrected chi connectivity index (χ0v) is 12.5. The van der Waals surface area contributed by atoms with Gasteiger partial charge in [-0.25, -0.2) is 0 Å². The van der Waals surface area contributed by atoms with Crippen LogP contribution in [0, 0.1) is 11.8 Å². The van der Waals surface area contributed by atoms with Crippen LogP contribution in [0.3, 0.4) is 0 Å². The van der Waals surface area contributed by atoms with Crippen molar-refractivity contribution in [2.75, 3.05) is 0 Å². The largest absolute Gasteiger partial charge is 0.342 e. The van der Waals surface area contributed by atoms with Crippen molar-refractivity contribution in [1.29, 1.82) is 0 Å². The number of rotatable bonds is 4. The second-order valence-corrected chi connectivity index (χ2v) is 6.38. The van der Waals surface area contributed by atoms with E-state index in [1.807, 2.05) is 20.8 Å². The molecular weight excluding hydrogens is 256 g/mol. The number of carbonyl (C=O) groups excluding carboxylic acids is 3. The quantitative estimate of drug-likeness (QED) is 0.811. The van der Waals surface area contributed by atoms with Gasteiger partial charge in [-0.15, -0.1) is 0 Å². The van der Waals surface area contributed by atoms with Gasteiger partial charge in [-0.3, -0.25) is 14.4 Å². The fourth-order valence-electron chi connectivity index (χ4n) is 3.46. The molecule has 0 spiro atoms. The minimum Gasteiger partial charge on any atom is -0.342 e. The van der Waals surface area contributed by atoms with E-state index in [-0.39, 0.29) is 29.4 Å². The lowest BCUT2D eigenvalue weighted by Gasteiger charge is -2.44. The van der Waals surface area contributed by atoms with Crippen LogP contribution in [0.2, 0.25) is 0 Å². The summed E-state index contributed by atoms with van der Waals surface area (Å²) in [5.74, 6) is -0.0425. The molecule has 1 saturated carbocycles. The van der Waals surface area contributed by atoms with Gasteiger partial charge in [-0.2, -0.15) is 0 Å². The number of piperazine rings is 1. The van der Waals surface area contributed by atoms with Crippen molar-refractivity contribution in [3.05, 3.63) is 0 Å². The van der Waals surface area contributed by atoms with Crippen molar-refractivity contribution in [1.82, 2.24) is 10.6 Å². The van der Waals surface area contributed by atoms with E-state index in [0.717, 1.165) is 6.42 Å². The predicted molar refractivity (Wildman–Crippen MR) is 74.9 cm³/mol. The highest BCUT2D eigenvalue weighted by Crippen LogP contribution is 2.37. The molecule has 0 unspecified atom stereocenters. The van der Waals surface area contributed by atoms with Gasteiger partial charge in [0, 0.05) is 12.8 Å². The van der Waals surface area contributed by atoms with E-state index in [0.29, 0.717) is 25.7 Å². The van der Waals surface area contributed by atoms with Crippen molar-refractivity contribution in [2.24, 2.45) is 11.8 Å². The fraction of sp³-hybridized carbons (Fsp3) is 0.800. The van der Waals surface area contributed by atoms with Gasteiger partial charge >= 0.3 is 0 Å². The lowest BCUT2D eigenvalue weighted by Crippen LogP contribution is -2.72. The Kier molecular flexibility index (Phi) is 4.16. The molecule has 0 aromatic heterocycles. The topological polar surface area (TPSA) is 75.3 Å². The first kappa shape index (κ1) is 15.0. The minimum atomic E-state index is -0.886. The molecule has 2 fully saturated rings. The molecule has 0 aromatic carbocycles. The van der Waals surface area contributed by atoms with Crippen LogP contribution in [0.25, 0.3) is 0 Å². The van der Waals surface area contributed by atoms with Gasteiger partial charge in [0.1, 0.15) is 17.4 Å². The van der Waals surface area contributed by atoms with E-state index in [2.05, 4.69) is 10.6 Å². The lowest BCUT2D eigenvalue weighted by atomic mass is 9.76. The third-order valence-corrected chi connectivity index (χ3v) is 4.57. The van der Waals surface area contributed by atoms with E-state index in [1.54, 1.807) is 0 Å². The summed E-state index contributed by atoms with van der Waals surface area (Å²) < 4.78 is 0. The minimum absolute atomic E-state index is 0.0591. The van der Waals surface area contributed by atoms with E-state index >= 15 is 0 Å². The number of hydrogen-bond acceptors (Lipinski definition) is 3. The number of amides is 2. The number of carbonyl (C=O) groups is 3. The van der Waals surface area contributed by atoms with Gasteiger partial charge < -0.3 is 10.6 Å². The van der Waals surface area contributed by atoms with Gasteiger partial charge in [-0.05, 0) is 24.7 Å². The summed E-state index contributed by atoms with van der Waals surface area (Å²) in [6.07, 6.45) is 3.00. The van der Waals surface area contributed by atoms with Crippen molar-refractivity contribution < 1.29 is 14.4 Å². The average Bonchev–Trinajstić information content (AvgIpc) is 2.80. The van der Waals surface area contributed by atoms with Gasteiger partial charge in [-0.1, -0.05) is 27.2 Å². The molecule has 1 aliphatic heterocycles. The van der Waals surface area contributed by atoms with Crippen LogP contribution in [0.15, 0.2) is 0 Å². The highest BCUT2D eigenvalue weighted by molar-refractivity contribution is 6.00. The van der Waals surface area contributed by atoms with Crippen molar-refractivity contribution in [3.63, 3.8) is 0 Å². The van der Waals surface area contributed by atoms with Gasteiger partial charge in [0.15, 0.2) is 0 Å². The molecule has 2 N–H and O–H groups in total. The SMILES string of the molecule is CCC[C@]1([C@H]2CCC(=O)C2)NC(=O)[C@@H](C(C)C)NC1=O. The summed E-state index contributed by atoms with van der Waals surface area (Å²) in [6, 6.07) is -0.468. The Morgan fingerprint density at radius 1 is 1.30 bits per heavy atom. The van der Waals surface area contributed by atoms with Crippen LogP contribution in [0.1, 0.15) is 52.9 Å². The first-order chi connectivity index (χ1) is 9.40. The first-order valence-electron chi connectivity index (χ1n) is 7.55. The Labute approximate surface area is 119 Å². The van der Waals surface area contributed by atoms with Crippen molar-refractivity contribution in [3.8, 4) is 0 Å². The summed E-state index contributed by atoms with van der Waals surface area (Å²) in [5.41, 5.74) is -0.886. The van der Waals surface area contributed by atoms with Crippen LogP contribution in [0.5, 0.6) is 0 Å². The Hall–Kier alpha value is -1.39. The maximum Gasteiger partial charge on any atom is 0.246 e. The molecule has 0 aromatic rings. The third kappa shape index (κ3) is 2.45. The molecule has 5 nitrogen and oxygen atoms in total. The summed E-state index contributed by atoms with van der Waals surface area (Å²) >= 11 is 0. The van der Waals surface area contributed by atoms with Gasteiger partial charge in [0.2, 0.25) is 11.8 Å². The van der Waals surface area contributed by atoms with E-state index in [9.17, 15) is 14.4 Å². The molecule has 1 aliphatic carbocycles. The predicted octanol–water partition coefficient (Wildman–Crippen LogP) is 1.17. The van der Waals surface area contributed by atoms with Crippen molar-refractivity contribution >= 4 is 17.6 Å². The number of Topliss-reactive ketones (excluding diaryl/α,β-unsaturated/α-hetero) is 1. The molecule has 2 aliphatic rings. The molecule has 1 saturated heterocycles. The Bertz CT molecular complexity index is 433. The maximum atomic E-state index is 12.6. The molecule has 3 atom stereocenters. The van der Waals surface area contributed by atoms with Crippen LogP contribution >= 0.6 is 0 Å². The Morgan fingerprint density at radius 2 is 2.00 bits per heavy atom. The fourth-order valence-corrected chi connectivity index (χ4v) is 3.46. The van der Waals surface area contributed by atoms with Gasteiger partial charge in [0.05, 0.1) is 0 Å². The van der Waals surface area contributed by atoms with E-state index in [4.69, 9.17) is 0 Å². The molecule has 0 radical (unpaired) electrons. The molecule has 112 valence electrons. The van der Waals surface area contributed by atoms with E-state index < -0.39 is 11.6 Å². The maximum absolute atomic E-state index is 12.6. The summed E-state index contributed by atoms with van der Waals surface area (Å²) in [6.45, 7) is 5.82. The highest BCUT2D eigenvalue weighted by atomic mass is 16.2. The molecule has 0 bridgehead atoms. The normalized spacial score (nSPS) is 34.3. The molecule has 2 amide bonds. The number of ketones is 1. The van der Waals surface area contributed by atoms with Crippen LogP contribution in [-0.4, -0.2) is 29.2 Å². The first-order valence-corrected chi connectivity index (χ1v) is 7.55. The molecule has 20 heavy (non-hydrogen) atoms. The van der Waals surface area contributed by atoms with Crippen molar-refractivity contribution in [2.45, 2.75) is 64.5 Å². The summed E-state index contributed by atoms with van der Waals surface area (Å²) in [5, 5.41) is 5.84. The summed E-state index contributed by atoms with van der Waals surface area (Å²) in [7, 11) is 0. The smallest absolute Gasteiger partial charge is 0.246 e. The third-order valence-electron chi connectivity index (χ3n) is 4.57. The van der Waals surface area contributed by atoms with Crippen LogP contribution in [-0.2, 0) is 14.4 Å².